The van der Waals surface area contributed by atoms with Crippen LogP contribution in [0.2, 0.25) is 0 Å². The Hall–Kier alpha value is -0.823. The van der Waals surface area contributed by atoms with Crippen LogP contribution in [0.4, 0.5) is 0 Å². The minimum absolute atomic E-state index is 0.383. The summed E-state index contributed by atoms with van der Waals surface area (Å²) < 4.78 is 0. The van der Waals surface area contributed by atoms with Gasteiger partial charge in [0.2, 0.25) is 0 Å². The average Bonchev–Trinajstić information content (AvgIpc) is 2.25. The molecule has 0 amide bonds. The molecule has 0 saturated heterocycles. The van der Waals surface area contributed by atoms with Crippen LogP contribution in [0.25, 0.3) is 5.57 Å². The summed E-state index contributed by atoms with van der Waals surface area (Å²) >= 11 is 0. The second-order valence-electron chi connectivity index (χ2n) is 6.19. The van der Waals surface area contributed by atoms with Gasteiger partial charge in [-0.3, -0.25) is 0 Å². The van der Waals surface area contributed by atoms with Crippen LogP contribution in [0.3, 0.4) is 0 Å². The normalized spacial score (nSPS) is 19.2. The van der Waals surface area contributed by atoms with Crippen molar-refractivity contribution >= 4 is 21.0 Å². The predicted molar refractivity (Wildman–Crippen MR) is 81.1 cm³/mol. The first kappa shape index (κ1) is 12.6. The topological polar surface area (TPSA) is 0 Å². The monoisotopic (exact) mass is 244 g/mol. The number of rotatable bonds is 1. The molecule has 0 aliphatic heterocycles. The third-order valence-electron chi connectivity index (χ3n) is 4.24. The first-order valence-electron chi connectivity index (χ1n) is 6.70. The third kappa shape index (κ3) is 2.55. The van der Waals surface area contributed by atoms with Crippen molar-refractivity contribution in [2.75, 3.05) is 0 Å². The highest BCUT2D eigenvalue weighted by Crippen LogP contribution is 2.38. The molecule has 92 valence electrons. The fraction of sp³-hybridized carbons (Fsp3) is 0.500. The Morgan fingerprint density at radius 2 is 1.82 bits per heavy atom. The van der Waals surface area contributed by atoms with Crippen molar-refractivity contribution in [1.29, 1.82) is 0 Å². The Labute approximate surface area is 109 Å². The van der Waals surface area contributed by atoms with E-state index >= 15 is 0 Å². The molecule has 0 unspecified atom stereocenters. The van der Waals surface area contributed by atoms with Gasteiger partial charge in [-0.25, -0.2) is 0 Å². The molecule has 1 aliphatic rings. The molecule has 1 heteroatoms. The number of benzene rings is 1. The van der Waals surface area contributed by atoms with E-state index in [0.29, 0.717) is 5.41 Å². The zero-order valence-electron chi connectivity index (χ0n) is 11.9. The summed E-state index contributed by atoms with van der Waals surface area (Å²) in [5, 5.41) is 1.54. The summed E-state index contributed by atoms with van der Waals surface area (Å²) in [5.41, 5.74) is 6.46. The van der Waals surface area contributed by atoms with Crippen molar-refractivity contribution < 1.29 is 0 Å². The maximum absolute atomic E-state index is 2.50. The van der Waals surface area contributed by atoms with Gasteiger partial charge in [0.15, 0.2) is 0 Å². The summed E-state index contributed by atoms with van der Waals surface area (Å²) in [4.78, 5) is 0. The SMILES string of the molecule is Cc1c([SiH3])ccc(C2=CC(C)(C)CCC2)c1C. The van der Waals surface area contributed by atoms with E-state index in [-0.39, 0.29) is 0 Å². The smallest absolute Gasteiger partial charge is 0.0388 e. The lowest BCUT2D eigenvalue weighted by Gasteiger charge is -2.28. The van der Waals surface area contributed by atoms with Crippen LogP contribution in [0.15, 0.2) is 18.2 Å². The van der Waals surface area contributed by atoms with Crippen LogP contribution in [0, 0.1) is 19.3 Å². The molecule has 1 aliphatic carbocycles. The molecule has 0 N–H and O–H groups in total. The zero-order chi connectivity index (χ0) is 12.6. The Morgan fingerprint density at radius 3 is 2.47 bits per heavy atom. The van der Waals surface area contributed by atoms with Gasteiger partial charge < -0.3 is 0 Å². The van der Waals surface area contributed by atoms with Crippen molar-refractivity contribution in [3.05, 3.63) is 34.9 Å². The number of hydrogen-bond donors (Lipinski definition) is 0. The Morgan fingerprint density at radius 1 is 1.12 bits per heavy atom. The van der Waals surface area contributed by atoms with Crippen LogP contribution in [-0.2, 0) is 0 Å². The van der Waals surface area contributed by atoms with Gasteiger partial charge in [0.05, 0.1) is 0 Å². The summed E-state index contributed by atoms with van der Waals surface area (Å²) in [6.45, 7) is 9.27. The Balaban J connectivity index is 2.48. The molecule has 2 rings (SSSR count). The zero-order valence-corrected chi connectivity index (χ0v) is 13.9. The van der Waals surface area contributed by atoms with Crippen molar-refractivity contribution in [2.45, 2.75) is 47.0 Å². The standard InChI is InChI=1S/C16H24Si/c1-11-12(2)15(17)8-7-14(11)13-6-5-9-16(3,4)10-13/h7-8,10H,5-6,9H2,1-4,17H3. The minimum Gasteiger partial charge on any atom is -0.0750 e. The molecule has 0 atom stereocenters. The molecule has 0 radical (unpaired) electrons. The van der Waals surface area contributed by atoms with E-state index in [9.17, 15) is 0 Å². The van der Waals surface area contributed by atoms with Crippen LogP contribution in [-0.4, -0.2) is 10.2 Å². The van der Waals surface area contributed by atoms with E-state index in [4.69, 9.17) is 0 Å². The highest BCUT2D eigenvalue weighted by molar-refractivity contribution is 6.33. The first-order valence-corrected chi connectivity index (χ1v) is 7.70. The van der Waals surface area contributed by atoms with Crippen molar-refractivity contribution in [3.8, 4) is 0 Å². The molecule has 0 bridgehead atoms. The minimum atomic E-state index is 0.383. The molecular formula is C16H24Si. The molecule has 0 fully saturated rings. The Bertz CT molecular complexity index is 467. The number of hydrogen-bond acceptors (Lipinski definition) is 0. The fourth-order valence-electron chi connectivity index (χ4n) is 2.87. The Kier molecular flexibility index (Phi) is 3.31. The number of allylic oxidation sites excluding steroid dienone is 2. The van der Waals surface area contributed by atoms with E-state index in [1.807, 2.05) is 0 Å². The molecule has 17 heavy (non-hydrogen) atoms. The largest absolute Gasteiger partial charge is 0.0750 e. The van der Waals surface area contributed by atoms with Gasteiger partial charge in [-0.1, -0.05) is 37.2 Å². The lowest BCUT2D eigenvalue weighted by Crippen LogP contribution is -2.15. The lowest BCUT2D eigenvalue weighted by atomic mass is 9.77. The van der Waals surface area contributed by atoms with E-state index in [1.165, 1.54) is 36.0 Å². The van der Waals surface area contributed by atoms with Gasteiger partial charge in [0.1, 0.15) is 0 Å². The highest BCUT2D eigenvalue weighted by Gasteiger charge is 2.21. The van der Waals surface area contributed by atoms with Crippen LogP contribution in [0.5, 0.6) is 0 Å². The summed E-state index contributed by atoms with van der Waals surface area (Å²) in [6.07, 6.45) is 6.42. The highest BCUT2D eigenvalue weighted by atomic mass is 28.1. The maximum atomic E-state index is 2.50. The molecule has 1 aromatic carbocycles. The van der Waals surface area contributed by atoms with E-state index in [1.54, 1.807) is 10.8 Å². The molecule has 1 aromatic rings. The van der Waals surface area contributed by atoms with E-state index < -0.39 is 0 Å². The first-order chi connectivity index (χ1) is 7.91. The molecule has 0 saturated carbocycles. The van der Waals surface area contributed by atoms with Crippen LogP contribution in [0.1, 0.15) is 49.8 Å². The van der Waals surface area contributed by atoms with Gasteiger partial charge in [-0.2, -0.15) is 0 Å². The molecule has 0 aromatic heterocycles. The van der Waals surface area contributed by atoms with Gasteiger partial charge in [0.25, 0.3) is 0 Å². The van der Waals surface area contributed by atoms with Gasteiger partial charge in [0, 0.05) is 10.2 Å². The maximum Gasteiger partial charge on any atom is 0.0388 e. The van der Waals surface area contributed by atoms with Gasteiger partial charge in [-0.15, -0.1) is 0 Å². The molecule has 0 heterocycles. The second kappa shape index (κ2) is 4.45. The van der Waals surface area contributed by atoms with Gasteiger partial charge >= 0.3 is 0 Å². The van der Waals surface area contributed by atoms with Crippen LogP contribution < -0.4 is 5.19 Å². The summed E-state index contributed by atoms with van der Waals surface area (Å²) in [5.74, 6) is 0. The summed E-state index contributed by atoms with van der Waals surface area (Å²) in [6, 6.07) is 4.67. The summed E-state index contributed by atoms with van der Waals surface area (Å²) in [7, 11) is 1.16. The van der Waals surface area contributed by atoms with Crippen LogP contribution >= 0.6 is 0 Å². The van der Waals surface area contributed by atoms with E-state index in [2.05, 4.69) is 45.9 Å². The van der Waals surface area contributed by atoms with Crippen molar-refractivity contribution in [2.24, 2.45) is 5.41 Å². The third-order valence-corrected chi connectivity index (χ3v) is 5.32. The molecular weight excluding hydrogens is 220 g/mol. The average molecular weight is 244 g/mol. The van der Waals surface area contributed by atoms with Crippen molar-refractivity contribution in [3.63, 3.8) is 0 Å². The lowest BCUT2D eigenvalue weighted by molar-refractivity contribution is 0.410. The fourth-order valence-corrected chi connectivity index (χ4v) is 3.41. The molecule has 0 spiro atoms. The predicted octanol–water partition coefficient (Wildman–Crippen LogP) is 2.89. The van der Waals surface area contributed by atoms with Crippen molar-refractivity contribution in [1.82, 2.24) is 0 Å². The molecule has 0 nitrogen and oxygen atoms in total. The second-order valence-corrected chi connectivity index (χ2v) is 7.27. The van der Waals surface area contributed by atoms with E-state index in [0.717, 1.165) is 10.2 Å². The van der Waals surface area contributed by atoms with Gasteiger partial charge in [-0.05, 0) is 60.8 Å². The quantitative estimate of drug-likeness (QED) is 0.666.